The van der Waals surface area contributed by atoms with E-state index in [1.165, 1.54) is 33.5 Å². The fourth-order valence-corrected chi connectivity index (χ4v) is 4.64. The van der Waals surface area contributed by atoms with Crippen LogP contribution in [-0.4, -0.2) is 30.2 Å². The standard InChI is InChI=1S/C24H24F2N7OP/c1-12(2)10-15-21-28-8-9-33(21)11-16(29-15)19-30-18(27)17-20(31-19)32-22(34)23(17,3)13-4-6-14(7-5-13)24(25,26)35/h4-9,11-12H,10,35H2,1-3H3,(H3,27,30,31,32,34). The smallest absolute Gasteiger partial charge is 0.283 e. The maximum atomic E-state index is 13.7. The van der Waals surface area contributed by atoms with Crippen molar-refractivity contribution in [1.29, 1.82) is 0 Å². The number of rotatable bonds is 5. The molecule has 0 fully saturated rings. The van der Waals surface area contributed by atoms with E-state index in [0.717, 1.165) is 17.8 Å². The molecule has 0 aliphatic carbocycles. The van der Waals surface area contributed by atoms with E-state index in [1.807, 2.05) is 10.6 Å². The number of nitrogens with zero attached hydrogens (tertiary/aromatic N) is 5. The third kappa shape index (κ3) is 3.82. The minimum absolute atomic E-state index is 0.115. The number of anilines is 2. The Morgan fingerprint density at radius 3 is 2.57 bits per heavy atom. The van der Waals surface area contributed by atoms with Gasteiger partial charge < -0.3 is 15.5 Å². The monoisotopic (exact) mass is 495 g/mol. The van der Waals surface area contributed by atoms with Gasteiger partial charge in [-0.15, -0.1) is 0 Å². The van der Waals surface area contributed by atoms with E-state index in [1.54, 1.807) is 19.3 Å². The normalized spacial score (nSPS) is 17.7. The molecule has 35 heavy (non-hydrogen) atoms. The Bertz CT molecular complexity index is 1460. The number of alkyl halides is 2. The zero-order chi connectivity index (χ0) is 25.1. The third-order valence-electron chi connectivity index (χ3n) is 6.24. The number of carbonyl (C=O) groups excluding carboxylic acids is 1. The predicted molar refractivity (Wildman–Crippen MR) is 132 cm³/mol. The van der Waals surface area contributed by atoms with E-state index in [0.29, 0.717) is 22.7 Å². The van der Waals surface area contributed by atoms with Crippen LogP contribution in [0.1, 0.15) is 43.2 Å². The number of nitrogens with two attached hydrogens (primary N) is 1. The summed E-state index contributed by atoms with van der Waals surface area (Å²) in [5.41, 5.74) is 4.88. The molecule has 2 atom stereocenters. The molecule has 11 heteroatoms. The van der Waals surface area contributed by atoms with Crippen molar-refractivity contribution in [3.63, 3.8) is 0 Å². The number of fused-ring (bicyclic) bond motifs is 2. The molecular weight excluding hydrogens is 471 g/mol. The van der Waals surface area contributed by atoms with Gasteiger partial charge in [0.05, 0.1) is 11.3 Å². The predicted octanol–water partition coefficient (Wildman–Crippen LogP) is 4.15. The molecule has 3 N–H and O–H groups in total. The Morgan fingerprint density at radius 1 is 1.20 bits per heavy atom. The van der Waals surface area contributed by atoms with Crippen LogP contribution in [0.15, 0.2) is 42.9 Å². The van der Waals surface area contributed by atoms with E-state index >= 15 is 0 Å². The highest BCUT2D eigenvalue weighted by atomic mass is 31.0. The number of hydrogen-bond acceptors (Lipinski definition) is 6. The third-order valence-corrected chi connectivity index (χ3v) is 6.58. The van der Waals surface area contributed by atoms with Gasteiger partial charge in [-0.1, -0.05) is 47.4 Å². The Kier molecular flexibility index (Phi) is 5.32. The molecule has 0 spiro atoms. The van der Waals surface area contributed by atoms with E-state index in [9.17, 15) is 13.6 Å². The zero-order valence-corrected chi connectivity index (χ0v) is 20.5. The van der Waals surface area contributed by atoms with Gasteiger partial charge in [0.2, 0.25) is 5.91 Å². The van der Waals surface area contributed by atoms with Crippen LogP contribution in [0.2, 0.25) is 0 Å². The molecule has 5 rings (SSSR count). The average molecular weight is 495 g/mol. The Hall–Kier alpha value is -3.52. The Labute approximate surface area is 202 Å². The lowest BCUT2D eigenvalue weighted by Gasteiger charge is -2.24. The summed E-state index contributed by atoms with van der Waals surface area (Å²) >= 11 is 0. The molecule has 1 aliphatic heterocycles. The molecule has 0 radical (unpaired) electrons. The van der Waals surface area contributed by atoms with Crippen molar-refractivity contribution in [2.75, 3.05) is 11.1 Å². The maximum absolute atomic E-state index is 13.7. The first kappa shape index (κ1) is 23.2. The molecule has 1 aliphatic rings. The topological polar surface area (TPSA) is 111 Å². The van der Waals surface area contributed by atoms with Crippen LogP contribution in [0, 0.1) is 5.92 Å². The molecule has 1 amide bonds. The second-order valence-electron chi connectivity index (χ2n) is 9.26. The summed E-state index contributed by atoms with van der Waals surface area (Å²) in [6.45, 7) is 5.88. The number of nitrogen functional groups attached to an aromatic ring is 1. The van der Waals surface area contributed by atoms with E-state index in [2.05, 4.69) is 34.1 Å². The summed E-state index contributed by atoms with van der Waals surface area (Å²) < 4.78 is 29.2. The Balaban J connectivity index is 1.60. The second kappa shape index (κ2) is 8.02. The summed E-state index contributed by atoms with van der Waals surface area (Å²) in [5.74, 6) is 0.656. The molecule has 0 bridgehead atoms. The number of amides is 1. The molecule has 0 saturated carbocycles. The molecule has 3 aromatic heterocycles. The highest BCUT2D eigenvalue weighted by molar-refractivity contribution is 7.17. The summed E-state index contributed by atoms with van der Waals surface area (Å²) in [6, 6.07) is 5.60. The summed E-state index contributed by atoms with van der Waals surface area (Å²) in [5, 5.41) is 2.79. The lowest BCUT2D eigenvalue weighted by atomic mass is 9.77. The van der Waals surface area contributed by atoms with Crippen molar-refractivity contribution in [3.8, 4) is 11.5 Å². The SMILES string of the molecule is CC(C)Cc1nc(-c2nc(N)c3c(n2)NC(=O)C3(C)c2ccc(C(F)(F)P)cc2)cn2ccnc12. The molecule has 180 valence electrons. The van der Waals surface area contributed by atoms with E-state index in [-0.39, 0.29) is 28.9 Å². The summed E-state index contributed by atoms with van der Waals surface area (Å²) in [6.07, 6.45) is 6.01. The van der Waals surface area contributed by atoms with Gasteiger partial charge in [0.1, 0.15) is 22.7 Å². The maximum Gasteiger partial charge on any atom is 0.283 e. The number of hydrogen-bond donors (Lipinski definition) is 2. The van der Waals surface area contributed by atoms with Crippen molar-refractivity contribution in [2.24, 2.45) is 5.92 Å². The van der Waals surface area contributed by atoms with Crippen LogP contribution in [0.25, 0.3) is 17.2 Å². The van der Waals surface area contributed by atoms with Crippen LogP contribution in [0.4, 0.5) is 20.4 Å². The van der Waals surface area contributed by atoms with E-state index in [4.69, 9.17) is 10.7 Å². The molecular formula is C24H24F2N7OP. The molecule has 4 heterocycles. The van der Waals surface area contributed by atoms with Gasteiger partial charge in [-0.25, -0.2) is 19.9 Å². The fraction of sp³-hybridized carbons (Fsp3) is 0.292. The van der Waals surface area contributed by atoms with Gasteiger partial charge in [-0.05, 0) is 24.8 Å². The number of nitrogens with one attached hydrogen (secondary N) is 1. The van der Waals surface area contributed by atoms with Gasteiger partial charge in [0.25, 0.3) is 5.66 Å². The van der Waals surface area contributed by atoms with Crippen molar-refractivity contribution < 1.29 is 13.6 Å². The highest BCUT2D eigenvalue weighted by Crippen LogP contribution is 2.45. The van der Waals surface area contributed by atoms with E-state index < -0.39 is 11.1 Å². The quantitative estimate of drug-likeness (QED) is 0.403. The summed E-state index contributed by atoms with van der Waals surface area (Å²) in [4.78, 5) is 31.4. The van der Waals surface area contributed by atoms with Crippen molar-refractivity contribution >= 4 is 32.4 Å². The van der Waals surface area contributed by atoms with Crippen molar-refractivity contribution in [2.45, 2.75) is 38.3 Å². The number of imidazole rings is 1. The van der Waals surface area contributed by atoms with Crippen molar-refractivity contribution in [3.05, 3.63) is 65.2 Å². The summed E-state index contributed by atoms with van der Waals surface area (Å²) in [7, 11) is 1.51. The molecule has 4 aromatic rings. The zero-order valence-electron chi connectivity index (χ0n) is 19.4. The minimum atomic E-state index is -3.07. The second-order valence-corrected chi connectivity index (χ2v) is 9.99. The fourth-order valence-electron chi connectivity index (χ4n) is 4.45. The first-order valence-corrected chi connectivity index (χ1v) is 11.7. The highest BCUT2D eigenvalue weighted by Gasteiger charge is 2.47. The number of benzene rings is 1. The lowest BCUT2D eigenvalue weighted by molar-refractivity contribution is -0.119. The van der Waals surface area contributed by atoms with Gasteiger partial charge in [0.15, 0.2) is 11.5 Å². The van der Waals surface area contributed by atoms with Crippen molar-refractivity contribution in [1.82, 2.24) is 24.3 Å². The number of aromatic nitrogens is 5. The first-order valence-electron chi connectivity index (χ1n) is 11.1. The van der Waals surface area contributed by atoms with Crippen LogP contribution in [0.5, 0.6) is 0 Å². The van der Waals surface area contributed by atoms with Crippen LogP contribution in [0.3, 0.4) is 0 Å². The van der Waals surface area contributed by atoms with Crippen LogP contribution in [-0.2, 0) is 22.3 Å². The largest absolute Gasteiger partial charge is 0.383 e. The van der Waals surface area contributed by atoms with Gasteiger partial charge >= 0.3 is 0 Å². The first-order chi connectivity index (χ1) is 16.5. The average Bonchev–Trinajstić information content (AvgIpc) is 3.36. The Morgan fingerprint density at radius 2 is 1.91 bits per heavy atom. The minimum Gasteiger partial charge on any atom is -0.383 e. The van der Waals surface area contributed by atoms with Crippen LogP contribution < -0.4 is 11.1 Å². The molecule has 2 unspecified atom stereocenters. The van der Waals surface area contributed by atoms with Gasteiger partial charge in [-0.2, -0.15) is 8.78 Å². The molecule has 1 aromatic carbocycles. The van der Waals surface area contributed by atoms with Gasteiger partial charge in [-0.3, -0.25) is 4.79 Å². The van der Waals surface area contributed by atoms with Gasteiger partial charge in [0, 0.05) is 24.2 Å². The van der Waals surface area contributed by atoms with Crippen LogP contribution >= 0.6 is 9.24 Å². The number of carbonyl (C=O) groups is 1. The number of halogens is 2. The molecule has 0 saturated heterocycles. The lowest BCUT2D eigenvalue weighted by Crippen LogP contribution is -2.33. The molecule has 8 nitrogen and oxygen atoms in total.